The van der Waals surface area contributed by atoms with Crippen LogP contribution in [0.15, 0.2) is 24.3 Å². The average Bonchev–Trinajstić information content (AvgIpc) is 3.21. The molecule has 0 aromatic carbocycles. The number of carbonyl (C=O) groups is 1. The fourth-order valence-electron chi connectivity index (χ4n) is 4.92. The van der Waals surface area contributed by atoms with Crippen molar-refractivity contribution in [3.05, 3.63) is 34.7 Å². The molecule has 1 amide bonds. The van der Waals surface area contributed by atoms with E-state index < -0.39 is 0 Å². The van der Waals surface area contributed by atoms with Gasteiger partial charge in [0.05, 0.1) is 28.8 Å². The molecule has 154 valence electrons. The second-order valence-electron chi connectivity index (χ2n) is 8.32. The quantitative estimate of drug-likeness (QED) is 0.793. The maximum absolute atomic E-state index is 12.9. The summed E-state index contributed by atoms with van der Waals surface area (Å²) in [5.74, 6) is 0.813. The van der Waals surface area contributed by atoms with Gasteiger partial charge in [-0.25, -0.2) is 4.98 Å². The van der Waals surface area contributed by atoms with Crippen molar-refractivity contribution in [2.45, 2.75) is 50.2 Å². The average molecular weight is 413 g/mol. The van der Waals surface area contributed by atoms with Crippen LogP contribution in [0, 0.1) is 0 Å². The lowest BCUT2D eigenvalue weighted by molar-refractivity contribution is -0.143. The summed E-state index contributed by atoms with van der Waals surface area (Å²) in [5, 5.41) is 3.39. The highest BCUT2D eigenvalue weighted by Crippen LogP contribution is 2.46. The maximum Gasteiger partial charge on any atom is 0.239 e. The fourth-order valence-corrected chi connectivity index (χ4v) is 6.12. The summed E-state index contributed by atoms with van der Waals surface area (Å²) >= 11 is 1.81. The maximum atomic E-state index is 12.9. The van der Waals surface area contributed by atoms with Gasteiger partial charge in [-0.15, -0.1) is 11.3 Å². The van der Waals surface area contributed by atoms with Crippen molar-refractivity contribution >= 4 is 23.1 Å². The molecule has 3 N–H and O–H groups in total. The number of hydrogen-bond donors (Lipinski definition) is 2. The Morgan fingerprint density at radius 2 is 2.17 bits per heavy atom. The van der Waals surface area contributed by atoms with E-state index in [1.807, 2.05) is 23.1 Å². The largest absolute Gasteiger partial charge is 0.384 e. The summed E-state index contributed by atoms with van der Waals surface area (Å²) in [4.78, 5) is 22.0. The number of carbonyl (C=O) groups excluding carboxylic acids is 1. The van der Waals surface area contributed by atoms with Crippen molar-refractivity contribution in [1.82, 2.24) is 15.2 Å². The van der Waals surface area contributed by atoms with Gasteiger partial charge in [0.25, 0.3) is 0 Å². The second-order valence-corrected chi connectivity index (χ2v) is 9.45. The van der Waals surface area contributed by atoms with Crippen LogP contribution in [0.2, 0.25) is 0 Å². The molecule has 3 aliphatic rings. The molecule has 0 aliphatic carbocycles. The van der Waals surface area contributed by atoms with Gasteiger partial charge in [-0.2, -0.15) is 0 Å². The highest BCUT2D eigenvalue weighted by Gasteiger charge is 2.43. The molecule has 0 radical (unpaired) electrons. The van der Waals surface area contributed by atoms with E-state index in [1.165, 1.54) is 16.9 Å². The van der Waals surface area contributed by atoms with E-state index in [9.17, 15) is 4.79 Å². The molecule has 1 atom stereocenters. The lowest BCUT2D eigenvalue weighted by Crippen LogP contribution is -2.53. The molecule has 29 heavy (non-hydrogen) atoms. The number of likely N-dealkylation sites (tertiary alicyclic amines) is 1. The third-order valence-electron chi connectivity index (χ3n) is 6.52. The van der Waals surface area contributed by atoms with Crippen LogP contribution < -0.4 is 11.1 Å². The summed E-state index contributed by atoms with van der Waals surface area (Å²) < 4.78 is 6.39. The molecule has 2 saturated heterocycles. The summed E-state index contributed by atoms with van der Waals surface area (Å²) in [6, 6.07) is 8.03. The minimum Gasteiger partial charge on any atom is -0.384 e. The normalized spacial score (nSPS) is 23.7. The van der Waals surface area contributed by atoms with Gasteiger partial charge in [-0.05, 0) is 56.0 Å². The van der Waals surface area contributed by atoms with Crippen LogP contribution in [0.1, 0.15) is 42.5 Å². The highest BCUT2D eigenvalue weighted by atomic mass is 32.1. The van der Waals surface area contributed by atoms with Gasteiger partial charge in [0.15, 0.2) is 0 Å². The van der Waals surface area contributed by atoms with E-state index in [-0.39, 0.29) is 17.6 Å². The number of aromatic nitrogens is 1. The molecule has 2 aromatic rings. The second kappa shape index (κ2) is 7.70. The van der Waals surface area contributed by atoms with Crippen LogP contribution in [-0.4, -0.2) is 48.1 Å². The number of pyridine rings is 1. The topological polar surface area (TPSA) is 80.5 Å². The molecule has 2 aromatic heterocycles. The third kappa shape index (κ3) is 3.56. The minimum absolute atomic E-state index is 0.00278. The summed E-state index contributed by atoms with van der Waals surface area (Å²) in [6.07, 6.45) is 5.94. The molecular formula is C22H28N4O2S. The van der Waals surface area contributed by atoms with E-state index >= 15 is 0 Å². The smallest absolute Gasteiger partial charge is 0.239 e. The fraction of sp³-hybridized carbons (Fsp3) is 0.545. The van der Waals surface area contributed by atoms with Gasteiger partial charge in [-0.3, -0.25) is 4.79 Å². The molecular weight excluding hydrogens is 384 g/mol. The van der Waals surface area contributed by atoms with Gasteiger partial charge in [0, 0.05) is 24.4 Å². The first-order valence-corrected chi connectivity index (χ1v) is 11.5. The van der Waals surface area contributed by atoms with Crippen molar-refractivity contribution < 1.29 is 9.53 Å². The van der Waals surface area contributed by atoms with E-state index in [0.717, 1.165) is 68.9 Å². The Hall–Kier alpha value is -1.96. The van der Waals surface area contributed by atoms with Crippen LogP contribution in [0.4, 0.5) is 5.82 Å². The molecule has 2 fully saturated rings. The highest BCUT2D eigenvalue weighted by molar-refractivity contribution is 7.15. The van der Waals surface area contributed by atoms with Gasteiger partial charge in [-0.1, -0.05) is 12.5 Å². The molecule has 5 rings (SSSR count). The van der Waals surface area contributed by atoms with E-state index in [2.05, 4.69) is 16.4 Å². The molecule has 1 spiro atoms. The predicted octanol–water partition coefficient (Wildman–Crippen LogP) is 2.92. The summed E-state index contributed by atoms with van der Waals surface area (Å²) in [7, 11) is 0. The van der Waals surface area contributed by atoms with E-state index in [1.54, 1.807) is 11.3 Å². The number of fused-ring (bicyclic) bond motifs is 2. The lowest BCUT2D eigenvalue weighted by Gasteiger charge is -2.44. The van der Waals surface area contributed by atoms with Gasteiger partial charge in [0.2, 0.25) is 5.91 Å². The zero-order chi connectivity index (χ0) is 19.8. The standard InChI is InChI=1S/C22H28N4O2S/c23-20-6-3-5-16(25-20)19-14-15-18(29-19)7-13-28-22(15)8-11-26(12-9-22)21(27)17-4-1-2-10-24-17/h3,5-6,14,17,24H,1-2,4,7-13H2,(H2,23,25)/t17-/m1/s1. The molecule has 0 bridgehead atoms. The zero-order valence-corrected chi connectivity index (χ0v) is 17.5. The Labute approximate surface area is 175 Å². The number of ether oxygens (including phenoxy) is 1. The zero-order valence-electron chi connectivity index (χ0n) is 16.7. The molecule has 0 saturated carbocycles. The number of nitrogens with two attached hydrogens (primary N) is 1. The molecule has 7 heteroatoms. The van der Waals surface area contributed by atoms with Gasteiger partial charge >= 0.3 is 0 Å². The number of nitrogen functional groups attached to an aromatic ring is 1. The minimum atomic E-state index is -0.264. The van der Waals surface area contributed by atoms with Gasteiger partial charge in [0.1, 0.15) is 5.82 Å². The van der Waals surface area contributed by atoms with E-state index in [4.69, 9.17) is 10.5 Å². The number of nitrogens with zero attached hydrogens (tertiary/aromatic N) is 2. The number of piperidine rings is 2. The third-order valence-corrected chi connectivity index (χ3v) is 7.74. The van der Waals surface area contributed by atoms with Crippen LogP contribution in [0.5, 0.6) is 0 Å². The number of amides is 1. The summed E-state index contributed by atoms with van der Waals surface area (Å²) in [6.45, 7) is 3.22. The van der Waals surface area contributed by atoms with Crippen molar-refractivity contribution in [3.63, 3.8) is 0 Å². The monoisotopic (exact) mass is 412 g/mol. The van der Waals surface area contributed by atoms with Crippen LogP contribution >= 0.6 is 11.3 Å². The Kier molecular flexibility index (Phi) is 5.05. The number of nitrogens with one attached hydrogen (secondary N) is 1. The van der Waals surface area contributed by atoms with Crippen molar-refractivity contribution in [2.75, 3.05) is 32.0 Å². The Bertz CT molecular complexity index is 898. The van der Waals surface area contributed by atoms with Crippen LogP contribution in [0.3, 0.4) is 0 Å². The molecule has 3 aliphatic heterocycles. The first kappa shape index (κ1) is 19.0. The van der Waals surface area contributed by atoms with Crippen molar-refractivity contribution in [2.24, 2.45) is 0 Å². The van der Waals surface area contributed by atoms with Crippen LogP contribution in [-0.2, 0) is 21.6 Å². The first-order chi connectivity index (χ1) is 14.1. The van der Waals surface area contributed by atoms with Crippen molar-refractivity contribution in [1.29, 1.82) is 0 Å². The Balaban J connectivity index is 1.35. The number of thiophene rings is 1. The Morgan fingerprint density at radius 1 is 1.31 bits per heavy atom. The number of anilines is 1. The summed E-state index contributed by atoms with van der Waals surface area (Å²) in [5.41, 5.74) is 7.85. The first-order valence-electron chi connectivity index (χ1n) is 10.7. The number of hydrogen-bond acceptors (Lipinski definition) is 6. The lowest BCUT2D eigenvalue weighted by atomic mass is 9.82. The molecule has 5 heterocycles. The SMILES string of the molecule is Nc1cccc(-c2cc3c(s2)CCOC32CCN(C(=O)[C@H]3CCCCN3)CC2)n1. The number of rotatable bonds is 2. The van der Waals surface area contributed by atoms with E-state index in [0.29, 0.717) is 5.82 Å². The molecule has 6 nitrogen and oxygen atoms in total. The molecule has 0 unspecified atom stereocenters. The van der Waals surface area contributed by atoms with Crippen LogP contribution in [0.25, 0.3) is 10.6 Å². The predicted molar refractivity (Wildman–Crippen MR) is 115 cm³/mol. The van der Waals surface area contributed by atoms with Crippen molar-refractivity contribution in [3.8, 4) is 10.6 Å². The Morgan fingerprint density at radius 3 is 2.93 bits per heavy atom. The van der Waals surface area contributed by atoms with Gasteiger partial charge < -0.3 is 20.7 Å².